The lowest BCUT2D eigenvalue weighted by atomic mass is 10.1. The summed E-state index contributed by atoms with van der Waals surface area (Å²) < 4.78 is 0.294. The summed E-state index contributed by atoms with van der Waals surface area (Å²) in [7, 11) is 2.00. The standard InChI is InChI=1S/C17H23N3S/c1-17(2)12-20(8-9-21-17)16-14(11-18-3)10-13-6-4-5-7-15(13)19-16/h4-7,10,18H,8-9,11-12H2,1-3H3. The van der Waals surface area contributed by atoms with Crippen molar-refractivity contribution in [3.63, 3.8) is 0 Å². The highest BCUT2D eigenvalue weighted by Crippen LogP contribution is 2.33. The Morgan fingerprint density at radius 3 is 2.90 bits per heavy atom. The summed E-state index contributed by atoms with van der Waals surface area (Å²) in [4.78, 5) is 7.41. The number of nitrogens with zero attached hydrogens (tertiary/aromatic N) is 2. The fourth-order valence-corrected chi connectivity index (χ4v) is 4.05. The molecule has 2 aromatic rings. The van der Waals surface area contributed by atoms with E-state index in [9.17, 15) is 0 Å². The molecule has 0 radical (unpaired) electrons. The van der Waals surface area contributed by atoms with E-state index < -0.39 is 0 Å². The number of benzene rings is 1. The molecule has 0 saturated carbocycles. The maximum Gasteiger partial charge on any atom is 0.133 e. The minimum atomic E-state index is 0.294. The van der Waals surface area contributed by atoms with Crippen LogP contribution in [0.3, 0.4) is 0 Å². The van der Waals surface area contributed by atoms with Gasteiger partial charge in [-0.1, -0.05) is 18.2 Å². The van der Waals surface area contributed by atoms with Gasteiger partial charge < -0.3 is 10.2 Å². The number of nitrogens with one attached hydrogen (secondary N) is 1. The van der Waals surface area contributed by atoms with Gasteiger partial charge in [-0.3, -0.25) is 0 Å². The summed E-state index contributed by atoms with van der Waals surface area (Å²) >= 11 is 2.06. The Morgan fingerprint density at radius 2 is 2.14 bits per heavy atom. The van der Waals surface area contributed by atoms with Gasteiger partial charge in [-0.05, 0) is 33.0 Å². The molecule has 4 heteroatoms. The summed E-state index contributed by atoms with van der Waals surface area (Å²) in [6.45, 7) is 7.64. The van der Waals surface area contributed by atoms with Gasteiger partial charge in [0.2, 0.25) is 0 Å². The molecule has 2 heterocycles. The summed E-state index contributed by atoms with van der Waals surface area (Å²) in [6, 6.07) is 10.7. The lowest BCUT2D eigenvalue weighted by Gasteiger charge is -2.39. The van der Waals surface area contributed by atoms with Crippen LogP contribution in [0.2, 0.25) is 0 Å². The smallest absolute Gasteiger partial charge is 0.133 e. The summed E-state index contributed by atoms with van der Waals surface area (Å²) in [5.74, 6) is 2.32. The predicted octanol–water partition coefficient (Wildman–Crippen LogP) is 3.29. The van der Waals surface area contributed by atoms with E-state index in [4.69, 9.17) is 4.98 Å². The molecule has 3 rings (SSSR count). The highest BCUT2D eigenvalue weighted by atomic mass is 32.2. The van der Waals surface area contributed by atoms with E-state index in [0.717, 1.165) is 31.0 Å². The van der Waals surface area contributed by atoms with Gasteiger partial charge in [0.1, 0.15) is 5.82 Å². The maximum atomic E-state index is 4.96. The maximum absolute atomic E-state index is 4.96. The van der Waals surface area contributed by atoms with Gasteiger partial charge in [0.15, 0.2) is 0 Å². The molecule has 0 spiro atoms. The molecule has 1 aromatic heterocycles. The first-order chi connectivity index (χ1) is 10.1. The summed E-state index contributed by atoms with van der Waals surface area (Å²) in [6.07, 6.45) is 0. The number of aromatic nitrogens is 1. The Morgan fingerprint density at radius 1 is 1.33 bits per heavy atom. The highest BCUT2D eigenvalue weighted by Gasteiger charge is 2.28. The lowest BCUT2D eigenvalue weighted by molar-refractivity contribution is 0.639. The molecule has 3 nitrogen and oxygen atoms in total. The monoisotopic (exact) mass is 301 g/mol. The largest absolute Gasteiger partial charge is 0.354 e. The molecular formula is C17H23N3S. The van der Waals surface area contributed by atoms with Crippen LogP contribution in [-0.4, -0.2) is 35.6 Å². The number of pyridine rings is 1. The zero-order chi connectivity index (χ0) is 14.9. The van der Waals surface area contributed by atoms with Crippen molar-refractivity contribution in [1.82, 2.24) is 10.3 Å². The van der Waals surface area contributed by atoms with E-state index in [1.807, 2.05) is 7.05 Å². The van der Waals surface area contributed by atoms with Gasteiger partial charge in [0.25, 0.3) is 0 Å². The van der Waals surface area contributed by atoms with Crippen molar-refractivity contribution in [1.29, 1.82) is 0 Å². The van der Waals surface area contributed by atoms with Crippen molar-refractivity contribution in [2.75, 3.05) is 30.8 Å². The van der Waals surface area contributed by atoms with Crippen molar-refractivity contribution in [3.05, 3.63) is 35.9 Å². The molecule has 1 aliphatic heterocycles. The average Bonchev–Trinajstić information content (AvgIpc) is 2.46. The number of hydrogen-bond donors (Lipinski definition) is 1. The SMILES string of the molecule is CNCc1cc2ccccc2nc1N1CCSC(C)(C)C1. The van der Waals surface area contributed by atoms with E-state index in [1.165, 1.54) is 16.7 Å². The van der Waals surface area contributed by atoms with Crippen LogP contribution in [0, 0.1) is 0 Å². The zero-order valence-corrected chi connectivity index (χ0v) is 13.8. The number of thioether (sulfide) groups is 1. The van der Waals surface area contributed by atoms with Crippen LogP contribution in [0.15, 0.2) is 30.3 Å². The average molecular weight is 301 g/mol. The molecule has 0 atom stereocenters. The van der Waals surface area contributed by atoms with Crippen LogP contribution in [-0.2, 0) is 6.54 Å². The number of anilines is 1. The van der Waals surface area contributed by atoms with Crippen molar-refractivity contribution in [2.24, 2.45) is 0 Å². The molecule has 0 aliphatic carbocycles. The molecule has 0 bridgehead atoms. The van der Waals surface area contributed by atoms with Crippen LogP contribution >= 0.6 is 11.8 Å². The van der Waals surface area contributed by atoms with Gasteiger partial charge in [-0.2, -0.15) is 11.8 Å². The quantitative estimate of drug-likeness (QED) is 0.941. The van der Waals surface area contributed by atoms with E-state index >= 15 is 0 Å². The molecule has 0 amide bonds. The first-order valence-electron chi connectivity index (χ1n) is 7.51. The molecule has 1 aliphatic rings. The molecule has 21 heavy (non-hydrogen) atoms. The van der Waals surface area contributed by atoms with Crippen LogP contribution in [0.25, 0.3) is 10.9 Å². The fraction of sp³-hybridized carbons (Fsp3) is 0.471. The van der Waals surface area contributed by atoms with Crippen LogP contribution in [0.1, 0.15) is 19.4 Å². The highest BCUT2D eigenvalue weighted by molar-refractivity contribution is 8.00. The van der Waals surface area contributed by atoms with Crippen molar-refractivity contribution < 1.29 is 0 Å². The Bertz CT molecular complexity index is 639. The van der Waals surface area contributed by atoms with Crippen molar-refractivity contribution in [3.8, 4) is 0 Å². The van der Waals surface area contributed by atoms with Gasteiger partial charge in [-0.25, -0.2) is 4.98 Å². The lowest BCUT2D eigenvalue weighted by Crippen LogP contribution is -2.44. The first-order valence-corrected chi connectivity index (χ1v) is 8.50. The normalized spacial score (nSPS) is 18.1. The second-order valence-corrected chi connectivity index (χ2v) is 8.03. The van der Waals surface area contributed by atoms with Gasteiger partial charge >= 0.3 is 0 Å². The van der Waals surface area contributed by atoms with E-state index in [1.54, 1.807) is 0 Å². The number of hydrogen-bond acceptors (Lipinski definition) is 4. The third-order valence-electron chi connectivity index (χ3n) is 3.87. The molecule has 112 valence electrons. The van der Waals surface area contributed by atoms with Gasteiger partial charge in [0, 0.05) is 41.1 Å². The molecule has 1 saturated heterocycles. The third kappa shape index (κ3) is 3.16. The van der Waals surface area contributed by atoms with E-state index in [2.05, 4.69) is 66.2 Å². The molecule has 1 N–H and O–H groups in total. The predicted molar refractivity (Wildman–Crippen MR) is 93.3 cm³/mol. The van der Waals surface area contributed by atoms with Crippen LogP contribution < -0.4 is 10.2 Å². The minimum absolute atomic E-state index is 0.294. The third-order valence-corrected chi connectivity index (χ3v) is 5.17. The van der Waals surface area contributed by atoms with E-state index in [0.29, 0.717) is 4.75 Å². The van der Waals surface area contributed by atoms with Gasteiger partial charge in [-0.15, -0.1) is 0 Å². The van der Waals surface area contributed by atoms with Crippen molar-refractivity contribution in [2.45, 2.75) is 25.1 Å². The Hall–Kier alpha value is -1.26. The Balaban J connectivity index is 2.04. The second-order valence-electron chi connectivity index (χ2n) is 6.22. The first kappa shape index (κ1) is 14.7. The van der Waals surface area contributed by atoms with Crippen LogP contribution in [0.5, 0.6) is 0 Å². The molecular weight excluding hydrogens is 278 g/mol. The van der Waals surface area contributed by atoms with Crippen molar-refractivity contribution >= 4 is 28.5 Å². The number of fused-ring (bicyclic) bond motifs is 1. The minimum Gasteiger partial charge on any atom is -0.354 e. The summed E-state index contributed by atoms with van der Waals surface area (Å²) in [5, 5.41) is 4.50. The number of rotatable bonds is 3. The van der Waals surface area contributed by atoms with Gasteiger partial charge in [0.05, 0.1) is 5.52 Å². The Kier molecular flexibility index (Phi) is 4.09. The zero-order valence-electron chi connectivity index (χ0n) is 13.0. The fourth-order valence-electron chi connectivity index (χ4n) is 2.94. The Labute approximate surface area is 131 Å². The van der Waals surface area contributed by atoms with Crippen LogP contribution in [0.4, 0.5) is 5.82 Å². The summed E-state index contributed by atoms with van der Waals surface area (Å²) in [5.41, 5.74) is 2.38. The molecule has 1 fully saturated rings. The molecule has 1 aromatic carbocycles. The van der Waals surface area contributed by atoms with E-state index in [-0.39, 0.29) is 0 Å². The molecule has 0 unspecified atom stereocenters. The second kappa shape index (κ2) is 5.85. The number of para-hydroxylation sites is 1. The topological polar surface area (TPSA) is 28.2 Å².